The minimum atomic E-state index is -0.0214. The zero-order valence-corrected chi connectivity index (χ0v) is 11.2. The Kier molecular flexibility index (Phi) is 4.73. The van der Waals surface area contributed by atoms with Crippen LogP contribution in [-0.2, 0) is 13.0 Å². The van der Waals surface area contributed by atoms with Crippen LogP contribution in [0.5, 0.6) is 0 Å². The van der Waals surface area contributed by atoms with Gasteiger partial charge < -0.3 is 5.32 Å². The van der Waals surface area contributed by atoms with Gasteiger partial charge in [0, 0.05) is 12.1 Å². The second kappa shape index (κ2) is 6.74. The molecule has 0 atom stereocenters. The Morgan fingerprint density at radius 1 is 0.947 bits per heavy atom. The third-order valence-electron chi connectivity index (χ3n) is 3.05. The molecule has 2 nitrogen and oxygen atoms in total. The zero-order valence-electron chi connectivity index (χ0n) is 11.2. The Bertz CT molecular complexity index is 517. The molecule has 0 heterocycles. The zero-order chi connectivity index (χ0) is 13.5. The van der Waals surface area contributed by atoms with E-state index in [1.807, 2.05) is 54.6 Å². The van der Waals surface area contributed by atoms with Gasteiger partial charge in [-0.15, -0.1) is 0 Å². The molecule has 0 radical (unpaired) electrons. The normalized spacial score (nSPS) is 10.2. The molecule has 0 aromatic heterocycles. The van der Waals surface area contributed by atoms with Crippen LogP contribution in [0, 0.1) is 0 Å². The van der Waals surface area contributed by atoms with Crippen molar-refractivity contribution >= 4 is 5.91 Å². The van der Waals surface area contributed by atoms with E-state index in [4.69, 9.17) is 0 Å². The first-order valence-corrected chi connectivity index (χ1v) is 6.70. The monoisotopic (exact) mass is 253 g/mol. The fraction of sp³-hybridized carbons (Fsp3) is 0.235. The molecular formula is C17H19NO. The molecule has 0 bridgehead atoms. The van der Waals surface area contributed by atoms with Gasteiger partial charge in [0.25, 0.3) is 5.91 Å². The Morgan fingerprint density at radius 3 is 2.26 bits per heavy atom. The molecule has 0 spiro atoms. The summed E-state index contributed by atoms with van der Waals surface area (Å²) in [6.45, 7) is 2.72. The summed E-state index contributed by atoms with van der Waals surface area (Å²) in [5.41, 5.74) is 3.11. The minimum Gasteiger partial charge on any atom is -0.348 e. The molecule has 0 fully saturated rings. The molecule has 0 saturated heterocycles. The average Bonchev–Trinajstić information content (AvgIpc) is 2.47. The largest absolute Gasteiger partial charge is 0.348 e. The fourth-order valence-corrected chi connectivity index (χ4v) is 1.99. The SMILES string of the molecule is CCCc1ccc(C(=O)NCc2ccccc2)cc1. The van der Waals surface area contributed by atoms with Crippen molar-refractivity contribution in [1.82, 2.24) is 5.32 Å². The molecule has 2 aromatic carbocycles. The first-order valence-electron chi connectivity index (χ1n) is 6.70. The van der Waals surface area contributed by atoms with Crippen molar-refractivity contribution in [3.63, 3.8) is 0 Å². The molecule has 0 unspecified atom stereocenters. The molecule has 1 N–H and O–H groups in total. The quantitative estimate of drug-likeness (QED) is 0.867. The third kappa shape index (κ3) is 3.95. The summed E-state index contributed by atoms with van der Waals surface area (Å²) >= 11 is 0. The van der Waals surface area contributed by atoms with Gasteiger partial charge >= 0.3 is 0 Å². The number of carbonyl (C=O) groups is 1. The summed E-state index contributed by atoms with van der Waals surface area (Å²) < 4.78 is 0. The van der Waals surface area contributed by atoms with E-state index in [9.17, 15) is 4.79 Å². The van der Waals surface area contributed by atoms with Crippen molar-refractivity contribution < 1.29 is 4.79 Å². The molecule has 2 rings (SSSR count). The Hall–Kier alpha value is -2.09. The molecular weight excluding hydrogens is 234 g/mol. The molecule has 0 saturated carbocycles. The van der Waals surface area contributed by atoms with E-state index in [0.29, 0.717) is 6.54 Å². The standard InChI is InChI=1S/C17H19NO/c1-2-6-14-9-11-16(12-10-14)17(19)18-13-15-7-4-3-5-8-15/h3-5,7-12H,2,6,13H2,1H3,(H,18,19). The van der Waals surface area contributed by atoms with Crippen molar-refractivity contribution in [1.29, 1.82) is 0 Å². The molecule has 1 amide bonds. The molecule has 98 valence electrons. The van der Waals surface area contributed by atoms with Crippen LogP contribution >= 0.6 is 0 Å². The van der Waals surface area contributed by atoms with E-state index in [1.54, 1.807) is 0 Å². The van der Waals surface area contributed by atoms with Gasteiger partial charge in [0.1, 0.15) is 0 Å². The number of hydrogen-bond acceptors (Lipinski definition) is 1. The summed E-state index contributed by atoms with van der Waals surface area (Å²) in [7, 11) is 0. The lowest BCUT2D eigenvalue weighted by Crippen LogP contribution is -2.22. The van der Waals surface area contributed by atoms with Gasteiger partial charge in [-0.25, -0.2) is 0 Å². The van der Waals surface area contributed by atoms with Crippen LogP contribution in [0.25, 0.3) is 0 Å². The lowest BCUT2D eigenvalue weighted by Gasteiger charge is -2.06. The molecule has 0 aliphatic carbocycles. The number of hydrogen-bond donors (Lipinski definition) is 1. The van der Waals surface area contributed by atoms with E-state index in [2.05, 4.69) is 12.2 Å². The smallest absolute Gasteiger partial charge is 0.251 e. The highest BCUT2D eigenvalue weighted by Gasteiger charge is 2.04. The highest BCUT2D eigenvalue weighted by Crippen LogP contribution is 2.07. The van der Waals surface area contributed by atoms with Gasteiger partial charge in [-0.3, -0.25) is 4.79 Å². The van der Waals surface area contributed by atoms with Crippen molar-refractivity contribution in [3.05, 3.63) is 71.3 Å². The maximum Gasteiger partial charge on any atom is 0.251 e. The second-order valence-corrected chi connectivity index (χ2v) is 4.62. The summed E-state index contributed by atoms with van der Waals surface area (Å²) in [5, 5.41) is 2.93. The Morgan fingerprint density at radius 2 is 1.63 bits per heavy atom. The van der Waals surface area contributed by atoms with Gasteiger partial charge in [-0.1, -0.05) is 55.8 Å². The van der Waals surface area contributed by atoms with Crippen LogP contribution in [-0.4, -0.2) is 5.91 Å². The van der Waals surface area contributed by atoms with Gasteiger partial charge in [-0.2, -0.15) is 0 Å². The summed E-state index contributed by atoms with van der Waals surface area (Å²) in [6.07, 6.45) is 2.19. The maximum atomic E-state index is 12.0. The number of rotatable bonds is 5. The van der Waals surface area contributed by atoms with E-state index in [1.165, 1.54) is 5.56 Å². The minimum absolute atomic E-state index is 0.0214. The van der Waals surface area contributed by atoms with Crippen molar-refractivity contribution in [3.8, 4) is 0 Å². The predicted molar refractivity (Wildman–Crippen MR) is 78.0 cm³/mol. The highest BCUT2D eigenvalue weighted by molar-refractivity contribution is 5.94. The Balaban J connectivity index is 1.92. The van der Waals surface area contributed by atoms with E-state index >= 15 is 0 Å². The molecule has 19 heavy (non-hydrogen) atoms. The van der Waals surface area contributed by atoms with E-state index in [-0.39, 0.29) is 5.91 Å². The van der Waals surface area contributed by atoms with Crippen molar-refractivity contribution in [2.75, 3.05) is 0 Å². The first kappa shape index (κ1) is 13.3. The van der Waals surface area contributed by atoms with E-state index < -0.39 is 0 Å². The van der Waals surface area contributed by atoms with Crippen molar-refractivity contribution in [2.45, 2.75) is 26.3 Å². The summed E-state index contributed by atoms with van der Waals surface area (Å²) in [5.74, 6) is -0.0214. The molecule has 0 aliphatic rings. The molecule has 2 aromatic rings. The predicted octanol–water partition coefficient (Wildman–Crippen LogP) is 3.57. The van der Waals surface area contributed by atoms with Crippen LogP contribution in [0.3, 0.4) is 0 Å². The van der Waals surface area contributed by atoms with Gasteiger partial charge in [0.15, 0.2) is 0 Å². The average molecular weight is 253 g/mol. The lowest BCUT2D eigenvalue weighted by atomic mass is 10.1. The van der Waals surface area contributed by atoms with Crippen LogP contribution in [0.1, 0.15) is 34.8 Å². The maximum absolute atomic E-state index is 12.0. The highest BCUT2D eigenvalue weighted by atomic mass is 16.1. The fourth-order valence-electron chi connectivity index (χ4n) is 1.99. The van der Waals surface area contributed by atoms with Gasteiger partial charge in [0.05, 0.1) is 0 Å². The van der Waals surface area contributed by atoms with Crippen LogP contribution < -0.4 is 5.32 Å². The van der Waals surface area contributed by atoms with E-state index in [0.717, 1.165) is 24.0 Å². The third-order valence-corrected chi connectivity index (χ3v) is 3.05. The molecule has 2 heteroatoms. The summed E-state index contributed by atoms with van der Waals surface area (Å²) in [6, 6.07) is 17.8. The second-order valence-electron chi connectivity index (χ2n) is 4.62. The molecule has 0 aliphatic heterocycles. The van der Waals surface area contributed by atoms with Crippen LogP contribution in [0.2, 0.25) is 0 Å². The van der Waals surface area contributed by atoms with Gasteiger partial charge in [-0.05, 0) is 29.7 Å². The first-order chi connectivity index (χ1) is 9.29. The lowest BCUT2D eigenvalue weighted by molar-refractivity contribution is 0.0951. The number of carbonyl (C=O) groups excluding carboxylic acids is 1. The van der Waals surface area contributed by atoms with Crippen LogP contribution in [0.15, 0.2) is 54.6 Å². The van der Waals surface area contributed by atoms with Crippen molar-refractivity contribution in [2.24, 2.45) is 0 Å². The van der Waals surface area contributed by atoms with Crippen LogP contribution in [0.4, 0.5) is 0 Å². The van der Waals surface area contributed by atoms with Gasteiger partial charge in [0.2, 0.25) is 0 Å². The topological polar surface area (TPSA) is 29.1 Å². The number of aryl methyl sites for hydroxylation is 1. The number of benzene rings is 2. The number of nitrogens with one attached hydrogen (secondary N) is 1. The Labute approximate surface area is 114 Å². The number of amides is 1. The summed E-state index contributed by atoms with van der Waals surface area (Å²) in [4.78, 5) is 12.0.